The van der Waals surface area contributed by atoms with E-state index in [9.17, 15) is 15.0 Å². The van der Waals surface area contributed by atoms with Gasteiger partial charge in [0.05, 0.1) is 18.8 Å². The van der Waals surface area contributed by atoms with Crippen LogP contribution in [0.5, 0.6) is 0 Å². The van der Waals surface area contributed by atoms with Crippen molar-refractivity contribution in [2.45, 2.75) is 347 Å². The van der Waals surface area contributed by atoms with Crippen molar-refractivity contribution in [3.8, 4) is 0 Å². The molecule has 0 saturated carbocycles. The van der Waals surface area contributed by atoms with Crippen LogP contribution in [0.2, 0.25) is 0 Å². The summed E-state index contributed by atoms with van der Waals surface area (Å²) in [5, 5.41) is 23.2. The van der Waals surface area contributed by atoms with Crippen LogP contribution in [0.1, 0.15) is 335 Å². The molecule has 0 aromatic carbocycles. The fourth-order valence-corrected chi connectivity index (χ4v) is 9.36. The molecule has 0 heterocycles. The number of allylic oxidation sites excluding steroid dienone is 1. The van der Waals surface area contributed by atoms with E-state index in [1.165, 1.54) is 289 Å². The Morgan fingerprint density at radius 3 is 0.839 bits per heavy atom. The average Bonchev–Trinajstić information content (AvgIpc) is 3.28. The van der Waals surface area contributed by atoms with Crippen LogP contribution in [0.4, 0.5) is 0 Å². The van der Waals surface area contributed by atoms with E-state index in [1.54, 1.807) is 6.08 Å². The van der Waals surface area contributed by atoms with Gasteiger partial charge >= 0.3 is 0 Å². The lowest BCUT2D eigenvalue weighted by atomic mass is 10.0. The first-order valence-corrected chi connectivity index (χ1v) is 28.9. The summed E-state index contributed by atoms with van der Waals surface area (Å²) in [5.74, 6) is -0.0559. The Balaban J connectivity index is 3.43. The number of hydrogen-bond donors (Lipinski definition) is 3. The zero-order valence-corrected chi connectivity index (χ0v) is 42.7. The maximum absolute atomic E-state index is 12.5. The van der Waals surface area contributed by atoms with E-state index < -0.39 is 12.1 Å². The van der Waals surface area contributed by atoms with E-state index >= 15 is 0 Å². The van der Waals surface area contributed by atoms with Crippen LogP contribution in [0.15, 0.2) is 12.2 Å². The molecule has 4 heteroatoms. The number of rotatable bonds is 54. The summed E-state index contributed by atoms with van der Waals surface area (Å²) >= 11 is 0. The van der Waals surface area contributed by atoms with Gasteiger partial charge in [-0.15, -0.1) is 0 Å². The second-order valence-electron chi connectivity index (χ2n) is 20.1. The second kappa shape index (κ2) is 54.5. The molecule has 4 nitrogen and oxygen atoms in total. The third-order valence-corrected chi connectivity index (χ3v) is 13.8. The van der Waals surface area contributed by atoms with Crippen molar-refractivity contribution < 1.29 is 15.0 Å². The zero-order chi connectivity index (χ0) is 44.9. The van der Waals surface area contributed by atoms with Crippen LogP contribution in [-0.4, -0.2) is 34.9 Å². The van der Waals surface area contributed by atoms with Crippen LogP contribution < -0.4 is 5.32 Å². The lowest BCUT2D eigenvalue weighted by molar-refractivity contribution is -0.123. The van der Waals surface area contributed by atoms with Crippen molar-refractivity contribution in [1.29, 1.82) is 0 Å². The Labute approximate surface area is 390 Å². The van der Waals surface area contributed by atoms with E-state index in [0.717, 1.165) is 25.7 Å². The normalized spacial score (nSPS) is 12.8. The van der Waals surface area contributed by atoms with Crippen molar-refractivity contribution >= 4 is 5.91 Å². The number of aliphatic hydroxyl groups is 2. The first-order valence-electron chi connectivity index (χ1n) is 28.9. The second-order valence-corrected chi connectivity index (χ2v) is 20.1. The summed E-state index contributed by atoms with van der Waals surface area (Å²) in [5.41, 5.74) is 0. The smallest absolute Gasteiger partial charge is 0.220 e. The maximum atomic E-state index is 12.5. The number of hydrogen-bond acceptors (Lipinski definition) is 3. The minimum Gasteiger partial charge on any atom is -0.394 e. The monoisotopic (exact) mass is 874 g/mol. The highest BCUT2D eigenvalue weighted by atomic mass is 16.3. The first-order chi connectivity index (χ1) is 30.7. The Bertz CT molecular complexity index is 860. The summed E-state index contributed by atoms with van der Waals surface area (Å²) in [7, 11) is 0. The van der Waals surface area contributed by atoms with Gasteiger partial charge in [0, 0.05) is 6.42 Å². The zero-order valence-electron chi connectivity index (χ0n) is 42.7. The Morgan fingerprint density at radius 1 is 0.371 bits per heavy atom. The average molecular weight is 875 g/mol. The highest BCUT2D eigenvalue weighted by Gasteiger charge is 2.18. The Kier molecular flexibility index (Phi) is 53.7. The number of aliphatic hydroxyl groups excluding tert-OH is 2. The number of nitrogens with one attached hydrogen (secondary N) is 1. The van der Waals surface area contributed by atoms with Crippen molar-refractivity contribution in [3.63, 3.8) is 0 Å². The quantitative estimate of drug-likeness (QED) is 0.0421. The van der Waals surface area contributed by atoms with E-state index in [0.29, 0.717) is 6.42 Å². The van der Waals surface area contributed by atoms with Gasteiger partial charge < -0.3 is 15.5 Å². The van der Waals surface area contributed by atoms with Gasteiger partial charge in [-0.3, -0.25) is 4.79 Å². The highest BCUT2D eigenvalue weighted by Crippen LogP contribution is 2.18. The van der Waals surface area contributed by atoms with Gasteiger partial charge in [0.2, 0.25) is 5.91 Å². The third kappa shape index (κ3) is 50.1. The highest BCUT2D eigenvalue weighted by molar-refractivity contribution is 5.76. The minimum absolute atomic E-state index is 0.0559. The van der Waals surface area contributed by atoms with Crippen LogP contribution in [0.3, 0.4) is 0 Å². The first kappa shape index (κ1) is 61.1. The number of amides is 1. The molecule has 0 aromatic rings. The van der Waals surface area contributed by atoms with Crippen LogP contribution >= 0.6 is 0 Å². The molecule has 0 aromatic heterocycles. The predicted octanol–water partition coefficient (Wildman–Crippen LogP) is 18.9. The van der Waals surface area contributed by atoms with E-state index in [2.05, 4.69) is 19.2 Å². The molecule has 2 atom stereocenters. The van der Waals surface area contributed by atoms with Crippen LogP contribution in [0, 0.1) is 0 Å². The molecule has 0 aliphatic carbocycles. The van der Waals surface area contributed by atoms with Crippen molar-refractivity contribution in [1.82, 2.24) is 5.32 Å². The standard InChI is InChI=1S/C58H115NO3/c1-3-5-7-9-11-13-15-17-19-21-23-25-26-27-28-29-30-31-32-33-34-35-37-39-41-43-45-47-49-51-53-57(61)56(55-60)59-58(62)54-52-50-48-46-44-42-40-38-36-24-22-20-18-16-14-12-10-8-6-4-2/h51,53,56-57,60-61H,3-50,52,54-55H2,1-2H3,(H,59,62)/b53-51+. The molecule has 0 bridgehead atoms. The third-order valence-electron chi connectivity index (χ3n) is 13.8. The molecule has 0 aliphatic heterocycles. The molecule has 2 unspecified atom stereocenters. The summed E-state index contributed by atoms with van der Waals surface area (Å²) in [4.78, 5) is 12.5. The Hall–Kier alpha value is -0.870. The Morgan fingerprint density at radius 2 is 0.597 bits per heavy atom. The van der Waals surface area contributed by atoms with Gasteiger partial charge in [0.15, 0.2) is 0 Å². The number of carbonyl (C=O) groups is 1. The maximum Gasteiger partial charge on any atom is 0.220 e. The molecule has 0 spiro atoms. The van der Waals surface area contributed by atoms with Gasteiger partial charge in [0.25, 0.3) is 0 Å². The largest absolute Gasteiger partial charge is 0.394 e. The lowest BCUT2D eigenvalue weighted by Gasteiger charge is -2.20. The topological polar surface area (TPSA) is 69.6 Å². The van der Waals surface area contributed by atoms with Crippen LogP contribution in [0.25, 0.3) is 0 Å². The number of unbranched alkanes of at least 4 members (excludes halogenated alkanes) is 47. The molecule has 370 valence electrons. The van der Waals surface area contributed by atoms with Crippen LogP contribution in [-0.2, 0) is 4.79 Å². The molecule has 62 heavy (non-hydrogen) atoms. The minimum atomic E-state index is -0.836. The van der Waals surface area contributed by atoms with E-state index in [-0.39, 0.29) is 12.5 Å². The summed E-state index contributed by atoms with van der Waals surface area (Å²) in [6.45, 7) is 4.35. The summed E-state index contributed by atoms with van der Waals surface area (Å²) < 4.78 is 0. The van der Waals surface area contributed by atoms with Crippen molar-refractivity contribution in [2.75, 3.05) is 6.61 Å². The number of carbonyl (C=O) groups excluding carboxylic acids is 1. The SMILES string of the molecule is CCCCCCCCCCCCCCCCCCCCCCCCCCCCCC/C=C/C(O)C(CO)NC(=O)CCCCCCCCCCCCCCCCCCCCCC. The van der Waals surface area contributed by atoms with Gasteiger partial charge in [-0.25, -0.2) is 0 Å². The molecule has 3 N–H and O–H groups in total. The van der Waals surface area contributed by atoms with Crippen molar-refractivity contribution in [3.05, 3.63) is 12.2 Å². The summed E-state index contributed by atoms with van der Waals surface area (Å²) in [6.07, 6.45) is 71.0. The van der Waals surface area contributed by atoms with Gasteiger partial charge in [-0.2, -0.15) is 0 Å². The fraction of sp³-hybridized carbons (Fsp3) is 0.948. The fourth-order valence-electron chi connectivity index (χ4n) is 9.36. The molecule has 0 rings (SSSR count). The lowest BCUT2D eigenvalue weighted by Crippen LogP contribution is -2.45. The van der Waals surface area contributed by atoms with E-state index in [4.69, 9.17) is 0 Å². The van der Waals surface area contributed by atoms with Gasteiger partial charge in [-0.05, 0) is 19.3 Å². The molecular formula is C58H115NO3. The predicted molar refractivity (Wildman–Crippen MR) is 276 cm³/mol. The molecule has 0 radical (unpaired) electrons. The van der Waals surface area contributed by atoms with Gasteiger partial charge in [0.1, 0.15) is 0 Å². The molecule has 1 amide bonds. The van der Waals surface area contributed by atoms with Gasteiger partial charge in [-0.1, -0.05) is 321 Å². The van der Waals surface area contributed by atoms with Crippen molar-refractivity contribution in [2.24, 2.45) is 0 Å². The molecule has 0 saturated heterocycles. The van der Waals surface area contributed by atoms with E-state index in [1.807, 2.05) is 6.08 Å². The summed E-state index contributed by atoms with van der Waals surface area (Å²) in [6, 6.07) is -0.618. The molecule has 0 aliphatic rings. The molecule has 0 fully saturated rings. The molecular weight excluding hydrogens is 759 g/mol.